The van der Waals surface area contributed by atoms with Crippen LogP contribution in [0.1, 0.15) is 233 Å². The molecule has 0 saturated carbocycles. The van der Waals surface area contributed by atoms with Gasteiger partial charge < -0.3 is 0 Å². The first-order valence-electron chi connectivity index (χ1n) is 27.3. The molecule has 0 N–H and O–H groups in total. The lowest BCUT2D eigenvalue weighted by atomic mass is 9.69. The number of rotatable bonds is 6. The van der Waals surface area contributed by atoms with E-state index in [1.165, 1.54) is 121 Å². The molecule has 6 aromatic carbocycles. The van der Waals surface area contributed by atoms with Crippen LogP contribution in [0, 0.1) is 39.8 Å². The first-order valence-corrected chi connectivity index (χ1v) is 28.2. The third-order valence-corrected chi connectivity index (χ3v) is 15.9. The molecule has 390 valence electrons. The molecule has 0 amide bonds. The molecule has 0 nitrogen and oxygen atoms in total. The van der Waals surface area contributed by atoms with Gasteiger partial charge in [-0.05, 0) is 173 Å². The van der Waals surface area contributed by atoms with E-state index in [4.69, 9.17) is 0 Å². The van der Waals surface area contributed by atoms with Crippen molar-refractivity contribution in [1.82, 2.24) is 0 Å². The van der Waals surface area contributed by atoms with Gasteiger partial charge in [0, 0.05) is 20.9 Å². The smallest absolute Gasteiger partial charge is 0.0207 e. The topological polar surface area (TPSA) is 0 Å². The molecule has 0 fully saturated rings. The average molecular weight is 994 g/mol. The van der Waals surface area contributed by atoms with Crippen molar-refractivity contribution >= 4 is 11.8 Å². The van der Waals surface area contributed by atoms with E-state index in [1.54, 1.807) is 0 Å². The van der Waals surface area contributed by atoms with E-state index in [-0.39, 0.29) is 43.3 Å². The van der Waals surface area contributed by atoms with E-state index in [2.05, 4.69) is 279 Å². The van der Waals surface area contributed by atoms with Crippen molar-refractivity contribution in [1.29, 1.82) is 0 Å². The first kappa shape index (κ1) is 57.9. The maximum Gasteiger partial charge on any atom is 0.0207 e. The second-order valence-electron chi connectivity index (χ2n) is 30.2. The number of aryl methyl sites for hydroxylation is 4. The SMILES string of the molecule is Cc1cc(C(C)(C)C)c(-c2[c]ccc(Sc3cc[c]c(-c4c(C(C)(C)C)cc(C)cc4C(C)(C)C)c3-c3c(C(C)(C)C)cc(C)cc3C(C)(C)C)c2-c2c(C(C)(C)C)cc(C)cc2C(C)(C)C)c(C(C)(C)C)c1. The Kier molecular flexibility index (Phi) is 15.4. The second kappa shape index (κ2) is 19.4. The average Bonchev–Trinajstić information content (AvgIpc) is 3.20. The minimum absolute atomic E-state index is 0.137. The maximum absolute atomic E-state index is 4.08. The minimum atomic E-state index is -0.160. The van der Waals surface area contributed by atoms with Crippen molar-refractivity contribution in [3.05, 3.63) is 152 Å². The van der Waals surface area contributed by atoms with E-state index in [0.29, 0.717) is 0 Å². The van der Waals surface area contributed by atoms with Crippen molar-refractivity contribution in [3.8, 4) is 44.5 Å². The quantitative estimate of drug-likeness (QED) is 0.160. The predicted octanol–water partition coefficient (Wildman–Crippen LogP) is 21.7. The Morgan fingerprint density at radius 3 is 0.616 bits per heavy atom. The maximum atomic E-state index is 4.08. The fourth-order valence-electron chi connectivity index (χ4n) is 11.1. The van der Waals surface area contributed by atoms with E-state index in [1.807, 2.05) is 11.8 Å². The summed E-state index contributed by atoms with van der Waals surface area (Å²) >= 11 is 1.95. The molecule has 0 aliphatic heterocycles. The van der Waals surface area contributed by atoms with Crippen molar-refractivity contribution in [2.75, 3.05) is 0 Å². The number of hydrogen-bond donors (Lipinski definition) is 0. The standard InChI is InChI=1S/C72H96S/c1-43-35-49(65(5,6)7)59(50(36-43)66(8,9)10)47-31-29-33-57(61(47)63-53(69(17,18)19)39-45(3)40-54(63)70(20,21)22)73-58-34-30-32-48(60-51(67(11,12)13)37-44(2)38-52(60)68(14,15)16)62(58)64-55(71(23,24)25)41-46(4)42-56(64)72(26,27)28/h29-30,33-42H,1-28H3. The molecule has 0 bridgehead atoms. The lowest BCUT2D eigenvalue weighted by Crippen LogP contribution is -2.22. The van der Waals surface area contributed by atoms with Gasteiger partial charge in [0.15, 0.2) is 0 Å². The molecule has 0 aliphatic rings. The Hall–Kier alpha value is -4.33. The Labute approximate surface area is 452 Å². The molecular weight excluding hydrogens is 897 g/mol. The Morgan fingerprint density at radius 1 is 0.260 bits per heavy atom. The monoisotopic (exact) mass is 993 g/mol. The summed E-state index contributed by atoms with van der Waals surface area (Å²) in [6.45, 7) is 66.7. The van der Waals surface area contributed by atoms with E-state index in [0.717, 1.165) is 0 Å². The third kappa shape index (κ3) is 12.0. The van der Waals surface area contributed by atoms with Crippen molar-refractivity contribution < 1.29 is 0 Å². The zero-order valence-electron chi connectivity index (χ0n) is 51.3. The number of hydrogen-bond acceptors (Lipinski definition) is 1. The van der Waals surface area contributed by atoms with Crippen LogP contribution in [-0.2, 0) is 43.3 Å². The van der Waals surface area contributed by atoms with Crippen LogP contribution in [0.25, 0.3) is 44.5 Å². The van der Waals surface area contributed by atoms with Crippen LogP contribution in [0.4, 0.5) is 0 Å². The van der Waals surface area contributed by atoms with Crippen LogP contribution < -0.4 is 0 Å². The highest BCUT2D eigenvalue weighted by molar-refractivity contribution is 7.99. The van der Waals surface area contributed by atoms with Gasteiger partial charge in [0.1, 0.15) is 0 Å². The fraction of sp³-hybridized carbons (Fsp3) is 0.500. The van der Waals surface area contributed by atoms with Crippen molar-refractivity contribution in [2.45, 2.75) is 247 Å². The predicted molar refractivity (Wildman–Crippen MR) is 325 cm³/mol. The molecule has 2 radical (unpaired) electrons. The van der Waals surface area contributed by atoms with Crippen LogP contribution in [0.3, 0.4) is 0 Å². The highest BCUT2D eigenvalue weighted by Gasteiger charge is 2.37. The largest absolute Gasteiger partial charge is 0.0887 e. The lowest BCUT2D eigenvalue weighted by molar-refractivity contribution is 0.568. The van der Waals surface area contributed by atoms with Gasteiger partial charge in [-0.2, -0.15) is 0 Å². The zero-order valence-corrected chi connectivity index (χ0v) is 52.2. The first-order chi connectivity index (χ1) is 32.9. The van der Waals surface area contributed by atoms with Gasteiger partial charge in [0.2, 0.25) is 0 Å². The summed E-state index contributed by atoms with van der Waals surface area (Å²) in [5, 5.41) is 0. The Morgan fingerprint density at radius 2 is 0.438 bits per heavy atom. The summed E-state index contributed by atoms with van der Waals surface area (Å²) in [6, 6.07) is 37.2. The molecule has 0 atom stereocenters. The van der Waals surface area contributed by atoms with Gasteiger partial charge >= 0.3 is 0 Å². The van der Waals surface area contributed by atoms with Crippen LogP contribution in [0.5, 0.6) is 0 Å². The summed E-state index contributed by atoms with van der Waals surface area (Å²) in [5.74, 6) is 0. The molecule has 6 aromatic rings. The van der Waals surface area contributed by atoms with Crippen molar-refractivity contribution in [2.24, 2.45) is 0 Å². The van der Waals surface area contributed by atoms with Crippen LogP contribution in [0.2, 0.25) is 0 Å². The van der Waals surface area contributed by atoms with Gasteiger partial charge in [-0.15, -0.1) is 0 Å². The second-order valence-corrected chi connectivity index (χ2v) is 31.3. The molecule has 0 aliphatic carbocycles. The molecule has 1 heteroatoms. The number of benzene rings is 6. The van der Waals surface area contributed by atoms with Crippen molar-refractivity contribution in [3.63, 3.8) is 0 Å². The van der Waals surface area contributed by atoms with Gasteiger partial charge in [-0.3, -0.25) is 0 Å². The minimum Gasteiger partial charge on any atom is -0.0887 e. The Bertz CT molecular complexity index is 2700. The fourth-order valence-corrected chi connectivity index (χ4v) is 12.2. The molecule has 0 saturated heterocycles. The van der Waals surface area contributed by atoms with Gasteiger partial charge in [0.05, 0.1) is 0 Å². The highest BCUT2D eigenvalue weighted by atomic mass is 32.2. The third-order valence-electron chi connectivity index (χ3n) is 14.7. The summed E-state index contributed by atoms with van der Waals surface area (Å²) < 4.78 is 0. The van der Waals surface area contributed by atoms with Crippen LogP contribution in [0.15, 0.2) is 82.6 Å². The van der Waals surface area contributed by atoms with E-state index >= 15 is 0 Å². The van der Waals surface area contributed by atoms with Crippen LogP contribution >= 0.6 is 11.8 Å². The highest BCUT2D eigenvalue weighted by Crippen LogP contribution is 2.56. The summed E-state index contributed by atoms with van der Waals surface area (Å²) in [6.07, 6.45) is 0. The molecular formula is C72H96S. The molecule has 0 unspecified atom stereocenters. The molecule has 73 heavy (non-hydrogen) atoms. The summed E-state index contributed by atoms with van der Waals surface area (Å²) in [7, 11) is 0. The molecule has 0 spiro atoms. The van der Waals surface area contributed by atoms with Crippen LogP contribution in [-0.4, -0.2) is 0 Å². The Balaban J connectivity index is 1.99. The zero-order chi connectivity index (χ0) is 55.3. The molecule has 0 heterocycles. The summed E-state index contributed by atoms with van der Waals surface area (Å²) in [4.78, 5) is 2.48. The van der Waals surface area contributed by atoms with Gasteiger partial charge in [0.25, 0.3) is 0 Å². The molecule has 6 rings (SSSR count). The molecule has 0 aromatic heterocycles. The van der Waals surface area contributed by atoms with E-state index in [9.17, 15) is 0 Å². The normalized spacial score (nSPS) is 13.5. The van der Waals surface area contributed by atoms with Gasteiger partial charge in [-0.1, -0.05) is 261 Å². The lowest BCUT2D eigenvalue weighted by Gasteiger charge is -2.36. The van der Waals surface area contributed by atoms with E-state index < -0.39 is 0 Å². The summed E-state index contributed by atoms with van der Waals surface area (Å²) in [5.41, 5.74) is 25.2. The van der Waals surface area contributed by atoms with Gasteiger partial charge in [-0.25, -0.2) is 0 Å².